The molecule has 78 valence electrons. The SMILES string of the molecule is CCNC(=O)Cn1ccc(CNC)c1. The molecule has 1 aromatic rings. The van der Waals surface area contributed by atoms with E-state index in [1.165, 1.54) is 5.56 Å². The van der Waals surface area contributed by atoms with E-state index >= 15 is 0 Å². The summed E-state index contributed by atoms with van der Waals surface area (Å²) >= 11 is 0. The first kappa shape index (κ1) is 10.8. The van der Waals surface area contributed by atoms with Crippen LogP contribution in [0.15, 0.2) is 18.5 Å². The molecule has 0 aliphatic rings. The molecule has 1 rings (SSSR count). The van der Waals surface area contributed by atoms with E-state index in [-0.39, 0.29) is 5.91 Å². The van der Waals surface area contributed by atoms with Gasteiger partial charge in [-0.3, -0.25) is 4.79 Å². The summed E-state index contributed by atoms with van der Waals surface area (Å²) in [6, 6.07) is 2.01. The molecule has 2 N–H and O–H groups in total. The molecule has 1 aromatic heterocycles. The van der Waals surface area contributed by atoms with Crippen LogP contribution in [-0.4, -0.2) is 24.1 Å². The van der Waals surface area contributed by atoms with Gasteiger partial charge in [-0.1, -0.05) is 0 Å². The van der Waals surface area contributed by atoms with Crippen LogP contribution in [0.3, 0.4) is 0 Å². The lowest BCUT2D eigenvalue weighted by atomic mass is 10.3. The molecule has 0 unspecified atom stereocenters. The van der Waals surface area contributed by atoms with Crippen LogP contribution in [-0.2, 0) is 17.9 Å². The lowest BCUT2D eigenvalue weighted by Gasteiger charge is -2.02. The van der Waals surface area contributed by atoms with E-state index in [4.69, 9.17) is 0 Å². The largest absolute Gasteiger partial charge is 0.355 e. The predicted octanol–water partition coefficient (Wildman–Crippen LogP) is 0.344. The summed E-state index contributed by atoms with van der Waals surface area (Å²) in [7, 11) is 1.90. The minimum absolute atomic E-state index is 0.0547. The number of nitrogens with one attached hydrogen (secondary N) is 2. The summed E-state index contributed by atoms with van der Waals surface area (Å²) in [5.41, 5.74) is 1.19. The van der Waals surface area contributed by atoms with Crippen LogP contribution in [0.1, 0.15) is 12.5 Å². The van der Waals surface area contributed by atoms with Gasteiger partial charge in [0.2, 0.25) is 5.91 Å². The zero-order chi connectivity index (χ0) is 10.4. The number of hydrogen-bond donors (Lipinski definition) is 2. The smallest absolute Gasteiger partial charge is 0.239 e. The van der Waals surface area contributed by atoms with E-state index in [9.17, 15) is 4.79 Å². The number of aromatic nitrogens is 1. The fourth-order valence-electron chi connectivity index (χ4n) is 1.32. The Morgan fingerprint density at radius 1 is 1.57 bits per heavy atom. The maximum Gasteiger partial charge on any atom is 0.239 e. The lowest BCUT2D eigenvalue weighted by Crippen LogP contribution is -2.26. The molecule has 0 aromatic carbocycles. The molecule has 0 saturated heterocycles. The monoisotopic (exact) mass is 195 g/mol. The van der Waals surface area contributed by atoms with Crippen LogP contribution in [0.2, 0.25) is 0 Å². The second-order valence-electron chi connectivity index (χ2n) is 3.18. The molecular formula is C10H17N3O. The van der Waals surface area contributed by atoms with Crippen LogP contribution in [0.4, 0.5) is 0 Å². The second-order valence-corrected chi connectivity index (χ2v) is 3.18. The molecule has 1 heterocycles. The highest BCUT2D eigenvalue weighted by atomic mass is 16.1. The molecule has 0 atom stereocenters. The van der Waals surface area contributed by atoms with Crippen molar-refractivity contribution >= 4 is 5.91 Å². The van der Waals surface area contributed by atoms with E-state index < -0.39 is 0 Å². The Hall–Kier alpha value is -1.29. The number of hydrogen-bond acceptors (Lipinski definition) is 2. The second kappa shape index (κ2) is 5.44. The number of rotatable bonds is 5. The van der Waals surface area contributed by atoms with Gasteiger partial charge in [0.05, 0.1) is 0 Å². The summed E-state index contributed by atoms with van der Waals surface area (Å²) in [5.74, 6) is 0.0547. The van der Waals surface area contributed by atoms with Crippen molar-refractivity contribution in [3.63, 3.8) is 0 Å². The van der Waals surface area contributed by atoms with Crippen LogP contribution >= 0.6 is 0 Å². The van der Waals surface area contributed by atoms with Gasteiger partial charge >= 0.3 is 0 Å². The van der Waals surface area contributed by atoms with Gasteiger partial charge in [0.1, 0.15) is 6.54 Å². The van der Waals surface area contributed by atoms with E-state index in [1.54, 1.807) is 0 Å². The fourth-order valence-corrected chi connectivity index (χ4v) is 1.32. The van der Waals surface area contributed by atoms with Crippen molar-refractivity contribution in [2.45, 2.75) is 20.0 Å². The maximum absolute atomic E-state index is 11.2. The highest BCUT2D eigenvalue weighted by Crippen LogP contribution is 2.00. The van der Waals surface area contributed by atoms with Crippen molar-refractivity contribution < 1.29 is 4.79 Å². The number of nitrogens with zero attached hydrogens (tertiary/aromatic N) is 1. The first-order valence-corrected chi connectivity index (χ1v) is 4.82. The first-order valence-electron chi connectivity index (χ1n) is 4.82. The average Bonchev–Trinajstić information content (AvgIpc) is 2.53. The third-order valence-corrected chi connectivity index (χ3v) is 1.89. The van der Waals surface area contributed by atoms with Crippen molar-refractivity contribution in [2.75, 3.05) is 13.6 Å². The van der Waals surface area contributed by atoms with Crippen LogP contribution in [0, 0.1) is 0 Å². The van der Waals surface area contributed by atoms with Crippen molar-refractivity contribution in [1.82, 2.24) is 15.2 Å². The normalized spacial score (nSPS) is 10.1. The molecule has 14 heavy (non-hydrogen) atoms. The molecule has 4 nitrogen and oxygen atoms in total. The average molecular weight is 195 g/mol. The zero-order valence-electron chi connectivity index (χ0n) is 8.71. The van der Waals surface area contributed by atoms with Gasteiger partial charge < -0.3 is 15.2 Å². The highest BCUT2D eigenvalue weighted by Gasteiger charge is 2.01. The fraction of sp³-hybridized carbons (Fsp3) is 0.500. The summed E-state index contributed by atoms with van der Waals surface area (Å²) in [5, 5.41) is 5.82. The quantitative estimate of drug-likeness (QED) is 0.712. The molecule has 1 amide bonds. The minimum atomic E-state index is 0.0547. The van der Waals surface area contributed by atoms with E-state index in [2.05, 4.69) is 10.6 Å². The summed E-state index contributed by atoms with van der Waals surface area (Å²) in [6.45, 7) is 3.84. The van der Waals surface area contributed by atoms with Crippen LogP contribution in [0.25, 0.3) is 0 Å². The molecule has 0 bridgehead atoms. The van der Waals surface area contributed by atoms with Gasteiger partial charge in [-0.2, -0.15) is 0 Å². The Morgan fingerprint density at radius 2 is 2.36 bits per heavy atom. The van der Waals surface area contributed by atoms with E-state index in [0.29, 0.717) is 13.1 Å². The predicted molar refractivity (Wildman–Crippen MR) is 55.9 cm³/mol. The number of carbonyl (C=O) groups excluding carboxylic acids is 1. The molecule has 0 fully saturated rings. The topological polar surface area (TPSA) is 46.1 Å². The highest BCUT2D eigenvalue weighted by molar-refractivity contribution is 5.75. The van der Waals surface area contributed by atoms with Gasteiger partial charge in [0.15, 0.2) is 0 Å². The third kappa shape index (κ3) is 3.22. The van der Waals surface area contributed by atoms with Crippen molar-refractivity contribution in [1.29, 1.82) is 0 Å². The van der Waals surface area contributed by atoms with Gasteiger partial charge in [0, 0.05) is 25.5 Å². The van der Waals surface area contributed by atoms with E-state index in [0.717, 1.165) is 6.54 Å². The molecule has 0 radical (unpaired) electrons. The number of amides is 1. The van der Waals surface area contributed by atoms with Gasteiger partial charge in [0.25, 0.3) is 0 Å². The van der Waals surface area contributed by atoms with Crippen molar-refractivity contribution in [3.8, 4) is 0 Å². The van der Waals surface area contributed by atoms with Gasteiger partial charge in [-0.05, 0) is 25.6 Å². The molecule has 0 spiro atoms. The molecule has 0 aliphatic carbocycles. The maximum atomic E-state index is 11.2. The van der Waals surface area contributed by atoms with Crippen molar-refractivity contribution in [3.05, 3.63) is 24.0 Å². The van der Waals surface area contributed by atoms with Gasteiger partial charge in [-0.15, -0.1) is 0 Å². The van der Waals surface area contributed by atoms with E-state index in [1.807, 2.05) is 37.0 Å². The Bertz CT molecular complexity index is 293. The summed E-state index contributed by atoms with van der Waals surface area (Å²) < 4.78 is 1.89. The molecular weight excluding hydrogens is 178 g/mol. The Labute approximate surface area is 84.3 Å². The Kier molecular flexibility index (Phi) is 4.19. The number of likely N-dealkylation sites (N-methyl/N-ethyl adjacent to an activating group) is 1. The van der Waals surface area contributed by atoms with Crippen molar-refractivity contribution in [2.24, 2.45) is 0 Å². The third-order valence-electron chi connectivity index (χ3n) is 1.89. The Morgan fingerprint density at radius 3 is 3.00 bits per heavy atom. The lowest BCUT2D eigenvalue weighted by molar-refractivity contribution is -0.121. The Balaban J connectivity index is 2.46. The van der Waals surface area contributed by atoms with Crippen LogP contribution < -0.4 is 10.6 Å². The number of carbonyl (C=O) groups is 1. The molecule has 4 heteroatoms. The standard InChI is InChI=1S/C10H17N3O/c1-3-12-10(14)8-13-5-4-9(7-13)6-11-2/h4-5,7,11H,3,6,8H2,1-2H3,(H,12,14). The molecule has 0 saturated carbocycles. The molecule has 0 aliphatic heterocycles. The summed E-state index contributed by atoms with van der Waals surface area (Å²) in [6.07, 6.45) is 3.90. The van der Waals surface area contributed by atoms with Crippen LogP contribution in [0.5, 0.6) is 0 Å². The zero-order valence-corrected chi connectivity index (χ0v) is 8.71. The van der Waals surface area contributed by atoms with Gasteiger partial charge in [-0.25, -0.2) is 0 Å². The summed E-state index contributed by atoms with van der Waals surface area (Å²) in [4.78, 5) is 11.2. The first-order chi connectivity index (χ1) is 6.76. The minimum Gasteiger partial charge on any atom is -0.355 e.